The minimum absolute atomic E-state index is 0.0440. The molecule has 0 fully saturated rings. The van der Waals surface area contributed by atoms with E-state index >= 15 is 0 Å². The Morgan fingerprint density at radius 3 is 2.47 bits per heavy atom. The van der Waals surface area contributed by atoms with Gasteiger partial charge in [0.2, 0.25) is 5.95 Å². The van der Waals surface area contributed by atoms with E-state index in [0.29, 0.717) is 24.5 Å². The number of aliphatic hydroxyl groups is 2. The Balaban J connectivity index is 2.54. The van der Waals surface area contributed by atoms with Crippen LogP contribution in [0.25, 0.3) is 0 Å². The van der Waals surface area contributed by atoms with E-state index in [0.717, 1.165) is 0 Å². The zero-order valence-electron chi connectivity index (χ0n) is 9.09. The number of anilines is 1. The second-order valence-corrected chi connectivity index (χ2v) is 3.61. The highest BCUT2D eigenvalue weighted by atomic mass is 16.3. The molecule has 0 saturated carbocycles. The zero-order chi connectivity index (χ0) is 11.3. The molecule has 1 unspecified atom stereocenters. The Morgan fingerprint density at radius 2 is 2.00 bits per heavy atom. The van der Waals surface area contributed by atoms with E-state index in [2.05, 4.69) is 9.97 Å². The quantitative estimate of drug-likeness (QED) is 0.727. The molecule has 1 heterocycles. The molecule has 0 bridgehead atoms. The molecule has 1 rings (SSSR count). The van der Waals surface area contributed by atoms with Crippen LogP contribution in [-0.2, 0) is 6.61 Å². The first-order valence-corrected chi connectivity index (χ1v) is 4.94. The Kier molecular flexibility index (Phi) is 4.45. The molecule has 1 aromatic rings. The molecule has 1 atom stereocenters. The lowest BCUT2D eigenvalue weighted by Gasteiger charge is -2.17. The molecule has 84 valence electrons. The SMILES string of the molecule is CC(O)CCN(C)c1ncc(CO)cn1. The number of hydrogen-bond donors (Lipinski definition) is 2. The highest BCUT2D eigenvalue weighted by Gasteiger charge is 2.05. The summed E-state index contributed by atoms with van der Waals surface area (Å²) in [7, 11) is 1.87. The second-order valence-electron chi connectivity index (χ2n) is 3.61. The van der Waals surface area contributed by atoms with Crippen molar-refractivity contribution in [1.82, 2.24) is 9.97 Å². The van der Waals surface area contributed by atoms with Gasteiger partial charge in [-0.15, -0.1) is 0 Å². The Bertz CT molecular complexity index is 287. The normalized spacial score (nSPS) is 12.5. The van der Waals surface area contributed by atoms with Crippen molar-refractivity contribution in [1.29, 1.82) is 0 Å². The largest absolute Gasteiger partial charge is 0.393 e. The van der Waals surface area contributed by atoms with Gasteiger partial charge in [-0.05, 0) is 13.3 Å². The summed E-state index contributed by atoms with van der Waals surface area (Å²) >= 11 is 0. The maximum Gasteiger partial charge on any atom is 0.224 e. The summed E-state index contributed by atoms with van der Waals surface area (Å²) in [5.74, 6) is 0.604. The van der Waals surface area contributed by atoms with Crippen LogP contribution in [0.1, 0.15) is 18.9 Å². The van der Waals surface area contributed by atoms with Gasteiger partial charge in [-0.2, -0.15) is 0 Å². The van der Waals surface area contributed by atoms with Crippen LogP contribution in [0, 0.1) is 0 Å². The molecule has 15 heavy (non-hydrogen) atoms. The fraction of sp³-hybridized carbons (Fsp3) is 0.600. The average molecular weight is 211 g/mol. The van der Waals surface area contributed by atoms with E-state index < -0.39 is 0 Å². The number of aliphatic hydroxyl groups excluding tert-OH is 2. The van der Waals surface area contributed by atoms with Crippen LogP contribution in [0.3, 0.4) is 0 Å². The predicted octanol–water partition coefficient (Wildman–Crippen LogP) is 0.176. The number of rotatable bonds is 5. The molecule has 0 radical (unpaired) electrons. The first-order valence-electron chi connectivity index (χ1n) is 4.94. The van der Waals surface area contributed by atoms with E-state index in [9.17, 15) is 0 Å². The monoisotopic (exact) mass is 211 g/mol. The summed E-state index contributed by atoms with van der Waals surface area (Å²) in [4.78, 5) is 10.1. The van der Waals surface area contributed by atoms with Crippen molar-refractivity contribution in [3.63, 3.8) is 0 Å². The molecule has 0 amide bonds. The van der Waals surface area contributed by atoms with Gasteiger partial charge in [0.25, 0.3) is 0 Å². The molecule has 5 nitrogen and oxygen atoms in total. The van der Waals surface area contributed by atoms with Crippen LogP contribution in [0.5, 0.6) is 0 Å². The Hall–Kier alpha value is -1.20. The van der Waals surface area contributed by atoms with Gasteiger partial charge in [-0.3, -0.25) is 0 Å². The average Bonchev–Trinajstić information content (AvgIpc) is 2.26. The fourth-order valence-electron chi connectivity index (χ4n) is 1.11. The van der Waals surface area contributed by atoms with Crippen LogP contribution in [0.15, 0.2) is 12.4 Å². The molecule has 5 heteroatoms. The molecule has 2 N–H and O–H groups in total. The number of nitrogens with zero attached hydrogens (tertiary/aromatic N) is 3. The summed E-state index contributed by atoms with van der Waals surface area (Å²) in [5.41, 5.74) is 0.697. The van der Waals surface area contributed by atoms with Crippen LogP contribution in [-0.4, -0.2) is 39.9 Å². The summed E-state index contributed by atoms with van der Waals surface area (Å²) in [5, 5.41) is 17.9. The highest BCUT2D eigenvalue weighted by molar-refractivity contribution is 5.27. The first kappa shape index (κ1) is 11.9. The third kappa shape index (κ3) is 3.81. The number of hydrogen-bond acceptors (Lipinski definition) is 5. The topological polar surface area (TPSA) is 69.5 Å². The fourth-order valence-corrected chi connectivity index (χ4v) is 1.11. The van der Waals surface area contributed by atoms with Crippen molar-refractivity contribution in [2.75, 3.05) is 18.5 Å². The van der Waals surface area contributed by atoms with Crippen molar-refractivity contribution in [2.45, 2.75) is 26.1 Å². The summed E-state index contributed by atoms with van der Waals surface area (Å²) in [6.07, 6.45) is 3.56. The van der Waals surface area contributed by atoms with Gasteiger partial charge >= 0.3 is 0 Å². The molecule has 0 aliphatic heterocycles. The Morgan fingerprint density at radius 1 is 1.40 bits per heavy atom. The summed E-state index contributed by atoms with van der Waals surface area (Å²) in [6, 6.07) is 0. The molecule has 0 spiro atoms. The standard InChI is InChI=1S/C10H17N3O2/c1-8(15)3-4-13(2)10-11-5-9(7-14)6-12-10/h5-6,8,14-15H,3-4,7H2,1-2H3. The van der Waals surface area contributed by atoms with E-state index in [1.807, 2.05) is 11.9 Å². The molecular weight excluding hydrogens is 194 g/mol. The van der Waals surface area contributed by atoms with Gasteiger partial charge in [-0.1, -0.05) is 0 Å². The third-order valence-electron chi connectivity index (χ3n) is 2.10. The summed E-state index contributed by atoms with van der Waals surface area (Å²) < 4.78 is 0. The molecule has 0 aliphatic carbocycles. The Labute approximate surface area is 89.4 Å². The van der Waals surface area contributed by atoms with Gasteiger partial charge in [0, 0.05) is 31.5 Å². The lowest BCUT2D eigenvalue weighted by Crippen LogP contribution is -2.23. The lowest BCUT2D eigenvalue weighted by molar-refractivity contribution is 0.186. The minimum Gasteiger partial charge on any atom is -0.393 e. The smallest absolute Gasteiger partial charge is 0.224 e. The van der Waals surface area contributed by atoms with Gasteiger partial charge in [-0.25, -0.2) is 9.97 Å². The minimum atomic E-state index is -0.316. The van der Waals surface area contributed by atoms with Crippen molar-refractivity contribution in [2.24, 2.45) is 0 Å². The van der Waals surface area contributed by atoms with Gasteiger partial charge in [0.15, 0.2) is 0 Å². The van der Waals surface area contributed by atoms with E-state index in [4.69, 9.17) is 10.2 Å². The number of aromatic nitrogens is 2. The maximum absolute atomic E-state index is 9.13. The van der Waals surface area contributed by atoms with Gasteiger partial charge < -0.3 is 15.1 Å². The van der Waals surface area contributed by atoms with Gasteiger partial charge in [0.05, 0.1) is 12.7 Å². The molecule has 1 aromatic heterocycles. The van der Waals surface area contributed by atoms with E-state index in [1.165, 1.54) is 0 Å². The molecular formula is C10H17N3O2. The lowest BCUT2D eigenvalue weighted by atomic mass is 10.3. The van der Waals surface area contributed by atoms with E-state index in [-0.39, 0.29) is 12.7 Å². The third-order valence-corrected chi connectivity index (χ3v) is 2.10. The molecule has 0 aliphatic rings. The van der Waals surface area contributed by atoms with Crippen molar-refractivity contribution < 1.29 is 10.2 Å². The van der Waals surface area contributed by atoms with Crippen molar-refractivity contribution in [3.8, 4) is 0 Å². The van der Waals surface area contributed by atoms with Crippen molar-refractivity contribution in [3.05, 3.63) is 18.0 Å². The summed E-state index contributed by atoms with van der Waals surface area (Å²) in [6.45, 7) is 2.41. The zero-order valence-corrected chi connectivity index (χ0v) is 9.09. The van der Waals surface area contributed by atoms with Crippen LogP contribution in [0.2, 0.25) is 0 Å². The predicted molar refractivity (Wildman–Crippen MR) is 57.5 cm³/mol. The first-order chi connectivity index (χ1) is 7.13. The van der Waals surface area contributed by atoms with Crippen LogP contribution in [0.4, 0.5) is 5.95 Å². The van der Waals surface area contributed by atoms with Crippen molar-refractivity contribution >= 4 is 5.95 Å². The highest BCUT2D eigenvalue weighted by Crippen LogP contribution is 2.06. The van der Waals surface area contributed by atoms with Crippen LogP contribution >= 0.6 is 0 Å². The van der Waals surface area contributed by atoms with Crippen LogP contribution < -0.4 is 4.90 Å². The second kappa shape index (κ2) is 5.63. The maximum atomic E-state index is 9.13. The molecule has 0 saturated heterocycles. The van der Waals surface area contributed by atoms with Gasteiger partial charge in [0.1, 0.15) is 0 Å². The molecule has 0 aromatic carbocycles. The van der Waals surface area contributed by atoms with E-state index in [1.54, 1.807) is 19.3 Å².